The standard InChI is InChI=1S/C13H22N2O5S/c1-3-6-14-10-11(9-12(14)13(17)18)21(19,20)15(4-2)7-5-8-16/h9-10,16H,3-8H2,1-2H3,(H,17,18). The average molecular weight is 318 g/mol. The number of aromatic nitrogens is 1. The second-order valence-corrected chi connectivity index (χ2v) is 6.57. The summed E-state index contributed by atoms with van der Waals surface area (Å²) in [7, 11) is -3.74. The van der Waals surface area contributed by atoms with E-state index in [2.05, 4.69) is 0 Å². The largest absolute Gasteiger partial charge is 0.477 e. The zero-order valence-corrected chi connectivity index (χ0v) is 13.1. The number of hydrogen-bond donors (Lipinski definition) is 2. The van der Waals surface area contributed by atoms with Gasteiger partial charge in [0.25, 0.3) is 0 Å². The molecule has 8 heteroatoms. The first kappa shape index (κ1) is 17.7. The first-order valence-electron chi connectivity index (χ1n) is 6.92. The Hall–Kier alpha value is -1.38. The molecule has 7 nitrogen and oxygen atoms in total. The maximum Gasteiger partial charge on any atom is 0.352 e. The Labute approximate surface area is 124 Å². The lowest BCUT2D eigenvalue weighted by molar-refractivity contribution is 0.0685. The lowest BCUT2D eigenvalue weighted by Gasteiger charge is -2.19. The van der Waals surface area contributed by atoms with Crippen molar-refractivity contribution >= 4 is 16.0 Å². The van der Waals surface area contributed by atoms with E-state index in [4.69, 9.17) is 10.2 Å². The topological polar surface area (TPSA) is 99.8 Å². The van der Waals surface area contributed by atoms with Crippen molar-refractivity contribution in [2.24, 2.45) is 0 Å². The molecule has 21 heavy (non-hydrogen) atoms. The van der Waals surface area contributed by atoms with Crippen LogP contribution in [-0.2, 0) is 16.6 Å². The molecule has 0 aliphatic heterocycles. The van der Waals surface area contributed by atoms with Gasteiger partial charge in [-0.2, -0.15) is 4.31 Å². The predicted molar refractivity (Wildman–Crippen MR) is 77.8 cm³/mol. The Kier molecular flexibility index (Phi) is 6.38. The van der Waals surface area contributed by atoms with Crippen LogP contribution in [0.1, 0.15) is 37.2 Å². The molecule has 0 aliphatic carbocycles. The van der Waals surface area contributed by atoms with Crippen LogP contribution in [0.4, 0.5) is 0 Å². The van der Waals surface area contributed by atoms with E-state index < -0.39 is 16.0 Å². The molecule has 0 radical (unpaired) electrons. The third-order valence-corrected chi connectivity index (χ3v) is 5.05. The molecular weight excluding hydrogens is 296 g/mol. The highest BCUT2D eigenvalue weighted by atomic mass is 32.2. The number of carboxylic acid groups (broad SMARTS) is 1. The number of aliphatic hydroxyl groups is 1. The highest BCUT2D eigenvalue weighted by Crippen LogP contribution is 2.20. The van der Waals surface area contributed by atoms with E-state index in [0.717, 1.165) is 0 Å². The molecule has 0 spiro atoms. The maximum absolute atomic E-state index is 12.5. The van der Waals surface area contributed by atoms with E-state index in [1.54, 1.807) is 6.92 Å². The fourth-order valence-electron chi connectivity index (χ4n) is 2.07. The van der Waals surface area contributed by atoms with Gasteiger partial charge in [0.15, 0.2) is 0 Å². The number of rotatable bonds is 9. The number of aryl methyl sites for hydroxylation is 1. The van der Waals surface area contributed by atoms with Crippen LogP contribution in [0, 0.1) is 0 Å². The van der Waals surface area contributed by atoms with Crippen molar-refractivity contribution in [3.8, 4) is 0 Å². The summed E-state index contributed by atoms with van der Waals surface area (Å²) in [5.74, 6) is -1.15. The van der Waals surface area contributed by atoms with Gasteiger partial charge in [0.05, 0.1) is 0 Å². The number of aliphatic hydroxyl groups excluding tert-OH is 1. The normalized spacial score (nSPS) is 12.0. The molecule has 0 amide bonds. The lowest BCUT2D eigenvalue weighted by Crippen LogP contribution is -2.32. The summed E-state index contributed by atoms with van der Waals surface area (Å²) in [6, 6.07) is 1.19. The minimum atomic E-state index is -3.74. The van der Waals surface area contributed by atoms with E-state index >= 15 is 0 Å². The highest BCUT2D eigenvalue weighted by Gasteiger charge is 2.26. The second-order valence-electron chi connectivity index (χ2n) is 4.63. The second kappa shape index (κ2) is 7.58. The van der Waals surface area contributed by atoms with Gasteiger partial charge in [-0.15, -0.1) is 0 Å². The van der Waals surface area contributed by atoms with Crippen LogP contribution < -0.4 is 0 Å². The summed E-state index contributed by atoms with van der Waals surface area (Å²) in [6.07, 6.45) is 2.41. The Bertz CT molecular complexity index is 579. The minimum Gasteiger partial charge on any atom is -0.477 e. The molecule has 0 aliphatic rings. The summed E-state index contributed by atoms with van der Waals surface area (Å²) in [6.45, 7) is 4.42. The molecule has 0 saturated carbocycles. The molecule has 0 atom stereocenters. The fourth-order valence-corrected chi connectivity index (χ4v) is 3.60. The van der Waals surface area contributed by atoms with Gasteiger partial charge in [0.2, 0.25) is 10.0 Å². The number of carbonyl (C=O) groups is 1. The van der Waals surface area contributed by atoms with Gasteiger partial charge in [-0.1, -0.05) is 13.8 Å². The number of nitrogens with zero attached hydrogens (tertiary/aromatic N) is 2. The van der Waals surface area contributed by atoms with Gasteiger partial charge in [-0.05, 0) is 18.9 Å². The summed E-state index contributed by atoms with van der Waals surface area (Å²) >= 11 is 0. The Morgan fingerprint density at radius 1 is 1.38 bits per heavy atom. The number of hydrogen-bond acceptors (Lipinski definition) is 4. The third-order valence-electron chi connectivity index (χ3n) is 3.11. The minimum absolute atomic E-state index is 0.0202. The molecule has 1 heterocycles. The fraction of sp³-hybridized carbons (Fsp3) is 0.615. The zero-order valence-electron chi connectivity index (χ0n) is 12.3. The molecule has 120 valence electrons. The molecule has 1 aromatic heterocycles. The molecule has 2 N–H and O–H groups in total. The van der Waals surface area contributed by atoms with E-state index in [1.807, 2.05) is 6.92 Å². The number of sulfonamides is 1. The van der Waals surface area contributed by atoms with Crippen LogP contribution in [0.5, 0.6) is 0 Å². The van der Waals surface area contributed by atoms with Crippen molar-refractivity contribution < 1.29 is 23.4 Å². The van der Waals surface area contributed by atoms with Crippen LogP contribution in [0.25, 0.3) is 0 Å². The summed E-state index contributed by atoms with van der Waals surface area (Å²) in [4.78, 5) is 11.2. The van der Waals surface area contributed by atoms with Crippen LogP contribution in [0.15, 0.2) is 17.2 Å². The average Bonchev–Trinajstić information content (AvgIpc) is 2.85. The first-order valence-corrected chi connectivity index (χ1v) is 8.36. The van der Waals surface area contributed by atoms with Crippen molar-refractivity contribution in [2.45, 2.75) is 38.1 Å². The lowest BCUT2D eigenvalue weighted by atomic mass is 10.4. The monoisotopic (exact) mass is 318 g/mol. The van der Waals surface area contributed by atoms with Gasteiger partial charge in [0.1, 0.15) is 10.6 Å². The van der Waals surface area contributed by atoms with E-state index in [0.29, 0.717) is 19.4 Å². The molecule has 1 rings (SSSR count). The van der Waals surface area contributed by atoms with Crippen molar-refractivity contribution in [3.05, 3.63) is 18.0 Å². The van der Waals surface area contributed by atoms with Gasteiger partial charge in [0, 0.05) is 32.4 Å². The zero-order chi connectivity index (χ0) is 16.0. The SMILES string of the molecule is CCCn1cc(S(=O)(=O)N(CC)CCCO)cc1C(=O)O. The smallest absolute Gasteiger partial charge is 0.352 e. The van der Waals surface area contributed by atoms with Crippen molar-refractivity contribution in [1.82, 2.24) is 8.87 Å². The molecular formula is C13H22N2O5S. The first-order chi connectivity index (χ1) is 9.88. The summed E-state index contributed by atoms with van der Waals surface area (Å²) < 4.78 is 27.7. The molecule has 0 bridgehead atoms. The van der Waals surface area contributed by atoms with Crippen LogP contribution in [0.2, 0.25) is 0 Å². The van der Waals surface area contributed by atoms with E-state index in [-0.39, 0.29) is 30.3 Å². The molecule has 0 aromatic carbocycles. The molecule has 0 saturated heterocycles. The van der Waals surface area contributed by atoms with Crippen molar-refractivity contribution in [1.29, 1.82) is 0 Å². The summed E-state index contributed by atoms with van der Waals surface area (Å²) in [5.41, 5.74) is -0.0337. The Morgan fingerprint density at radius 2 is 2.05 bits per heavy atom. The quantitative estimate of drug-likeness (QED) is 0.707. The molecule has 1 aromatic rings. The third kappa shape index (κ3) is 4.05. The molecule has 0 unspecified atom stereocenters. The highest BCUT2D eigenvalue weighted by molar-refractivity contribution is 7.89. The van der Waals surface area contributed by atoms with Crippen LogP contribution >= 0.6 is 0 Å². The van der Waals surface area contributed by atoms with Crippen LogP contribution in [-0.4, -0.2) is 53.2 Å². The van der Waals surface area contributed by atoms with Crippen molar-refractivity contribution in [3.63, 3.8) is 0 Å². The van der Waals surface area contributed by atoms with Gasteiger partial charge < -0.3 is 14.8 Å². The number of carboxylic acids is 1. The summed E-state index contributed by atoms with van der Waals surface area (Å²) in [5, 5.41) is 18.0. The Morgan fingerprint density at radius 3 is 2.52 bits per heavy atom. The van der Waals surface area contributed by atoms with E-state index in [1.165, 1.54) is 21.1 Å². The van der Waals surface area contributed by atoms with Gasteiger partial charge in [-0.3, -0.25) is 0 Å². The van der Waals surface area contributed by atoms with Gasteiger partial charge in [-0.25, -0.2) is 13.2 Å². The van der Waals surface area contributed by atoms with Gasteiger partial charge >= 0.3 is 5.97 Å². The van der Waals surface area contributed by atoms with E-state index in [9.17, 15) is 13.2 Å². The Balaban J connectivity index is 3.18. The maximum atomic E-state index is 12.5. The predicted octanol–water partition coefficient (Wildman–Crippen LogP) is 0.989. The van der Waals surface area contributed by atoms with Crippen molar-refractivity contribution in [2.75, 3.05) is 19.7 Å². The van der Waals surface area contributed by atoms with Crippen LogP contribution in [0.3, 0.4) is 0 Å². The molecule has 0 fully saturated rings. The number of aromatic carboxylic acids is 1.